The first kappa shape index (κ1) is 25.4. The van der Waals surface area contributed by atoms with E-state index in [1.165, 1.54) is 18.5 Å². The Morgan fingerprint density at radius 1 is 1.03 bits per heavy atom. The molecule has 11 heteroatoms. The molecule has 0 N–H and O–H groups in total. The van der Waals surface area contributed by atoms with E-state index in [1.807, 2.05) is 6.07 Å². The minimum Gasteiger partial charge on any atom is -0.496 e. The molecule has 3 saturated heterocycles. The number of rotatable bonds is 7. The van der Waals surface area contributed by atoms with Crippen LogP contribution in [-0.4, -0.2) is 77.5 Å². The highest BCUT2D eigenvalue weighted by Crippen LogP contribution is 2.36. The molecule has 4 heterocycles. The Morgan fingerprint density at radius 2 is 1.79 bits per heavy atom. The summed E-state index contributed by atoms with van der Waals surface area (Å²) in [5.41, 5.74) is 2.66. The van der Waals surface area contributed by atoms with Crippen molar-refractivity contribution in [2.75, 3.05) is 38.9 Å². The summed E-state index contributed by atoms with van der Waals surface area (Å²) in [6.45, 7) is 0.753. The van der Waals surface area contributed by atoms with Gasteiger partial charge in [-0.2, -0.15) is 4.36 Å². The Labute approximate surface area is 220 Å². The van der Waals surface area contributed by atoms with Gasteiger partial charge in [0.05, 0.1) is 52.3 Å². The Morgan fingerprint density at radius 3 is 2.55 bits per heavy atom. The van der Waals surface area contributed by atoms with Gasteiger partial charge >= 0.3 is 0 Å². The van der Waals surface area contributed by atoms with Crippen molar-refractivity contribution in [1.29, 1.82) is 0 Å². The van der Waals surface area contributed by atoms with Crippen LogP contribution in [0.3, 0.4) is 0 Å². The fraction of sp³-hybridized carbons (Fsp3) is 0.481. The molecule has 202 valence electrons. The largest absolute Gasteiger partial charge is 0.496 e. The van der Waals surface area contributed by atoms with Gasteiger partial charge in [-0.25, -0.2) is 18.6 Å². The van der Waals surface area contributed by atoms with Gasteiger partial charge in [0.15, 0.2) is 6.10 Å². The molecule has 0 saturated carbocycles. The van der Waals surface area contributed by atoms with Crippen molar-refractivity contribution >= 4 is 26.3 Å². The van der Waals surface area contributed by atoms with Crippen molar-refractivity contribution in [3.8, 4) is 11.5 Å². The van der Waals surface area contributed by atoms with E-state index in [-0.39, 0.29) is 24.4 Å². The summed E-state index contributed by atoms with van der Waals surface area (Å²) in [6.07, 6.45) is 2.64. The van der Waals surface area contributed by atoms with Crippen LogP contribution in [0.1, 0.15) is 24.1 Å². The number of aromatic nitrogens is 2. The molecule has 0 radical (unpaired) electrons. The number of ether oxygens (including phenoxy) is 5. The maximum absolute atomic E-state index is 14.3. The molecular formula is C27H30FN3O6S. The summed E-state index contributed by atoms with van der Waals surface area (Å²) in [4.78, 5) is 8.97. The molecule has 6 rings (SSSR count). The van der Waals surface area contributed by atoms with Crippen molar-refractivity contribution in [3.63, 3.8) is 0 Å². The number of fused-ring (bicyclic) bond motifs is 2. The van der Waals surface area contributed by atoms with Crippen molar-refractivity contribution in [1.82, 2.24) is 9.97 Å². The van der Waals surface area contributed by atoms with Crippen LogP contribution in [0.4, 0.5) is 10.1 Å². The van der Waals surface area contributed by atoms with Crippen LogP contribution in [0, 0.1) is 5.82 Å². The molecule has 9 nitrogen and oxygen atoms in total. The lowest BCUT2D eigenvalue weighted by Gasteiger charge is -2.20. The summed E-state index contributed by atoms with van der Waals surface area (Å²) in [5.74, 6) is 1.76. The van der Waals surface area contributed by atoms with Gasteiger partial charge in [-0.05, 0) is 25.0 Å². The zero-order valence-electron chi connectivity index (χ0n) is 21.3. The second-order valence-electron chi connectivity index (χ2n) is 9.80. The summed E-state index contributed by atoms with van der Waals surface area (Å²) < 4.78 is 61.1. The molecule has 1 aromatic heterocycles. The molecule has 3 fully saturated rings. The SMILES string of the molecule is COc1cc(N=S2(=O)CCCC2)cc2ncnc(Cc3ccc(F)cc3O[C@@H]3CO[C@H]4[C@@H]3OC[C@H]4OC)c12. The first-order valence-corrected chi connectivity index (χ1v) is 14.6. The van der Waals surface area contributed by atoms with Gasteiger partial charge in [0.1, 0.15) is 42.0 Å². The van der Waals surface area contributed by atoms with Gasteiger partial charge in [-0.3, -0.25) is 0 Å². The van der Waals surface area contributed by atoms with E-state index in [1.54, 1.807) is 26.4 Å². The predicted octanol–water partition coefficient (Wildman–Crippen LogP) is 3.82. The highest BCUT2D eigenvalue weighted by atomic mass is 32.2. The number of hydrogen-bond acceptors (Lipinski definition) is 9. The molecule has 0 bridgehead atoms. The predicted molar refractivity (Wildman–Crippen MR) is 139 cm³/mol. The van der Waals surface area contributed by atoms with E-state index in [2.05, 4.69) is 14.3 Å². The number of nitrogens with zero attached hydrogens (tertiary/aromatic N) is 3. The third kappa shape index (κ3) is 4.84. The maximum atomic E-state index is 14.3. The maximum Gasteiger partial charge on any atom is 0.151 e. The summed E-state index contributed by atoms with van der Waals surface area (Å²) in [6, 6.07) is 8.07. The fourth-order valence-corrected chi connectivity index (χ4v) is 7.64. The van der Waals surface area contributed by atoms with E-state index in [4.69, 9.17) is 23.7 Å². The highest BCUT2D eigenvalue weighted by Gasteiger charge is 2.49. The lowest BCUT2D eigenvalue weighted by Crippen LogP contribution is -2.35. The van der Waals surface area contributed by atoms with E-state index in [9.17, 15) is 8.60 Å². The van der Waals surface area contributed by atoms with E-state index >= 15 is 0 Å². The topological polar surface area (TPSA) is 101 Å². The van der Waals surface area contributed by atoms with Gasteiger partial charge in [0.25, 0.3) is 0 Å². The van der Waals surface area contributed by atoms with Crippen LogP contribution in [-0.2, 0) is 30.4 Å². The first-order chi connectivity index (χ1) is 18.5. The Balaban J connectivity index is 1.32. The van der Waals surface area contributed by atoms with Crippen LogP contribution in [0.5, 0.6) is 11.5 Å². The smallest absolute Gasteiger partial charge is 0.151 e. The van der Waals surface area contributed by atoms with Crippen LogP contribution < -0.4 is 9.47 Å². The molecule has 3 aliphatic heterocycles. The van der Waals surface area contributed by atoms with E-state index in [0.717, 1.165) is 23.8 Å². The minimum absolute atomic E-state index is 0.149. The lowest BCUT2D eigenvalue weighted by molar-refractivity contribution is -0.0139. The van der Waals surface area contributed by atoms with Gasteiger partial charge < -0.3 is 23.7 Å². The lowest BCUT2D eigenvalue weighted by atomic mass is 10.0. The van der Waals surface area contributed by atoms with Gasteiger partial charge in [0.2, 0.25) is 0 Å². The van der Waals surface area contributed by atoms with E-state index < -0.39 is 15.5 Å². The van der Waals surface area contributed by atoms with Crippen molar-refractivity contribution in [3.05, 3.63) is 53.7 Å². The van der Waals surface area contributed by atoms with Gasteiger partial charge in [-0.1, -0.05) is 6.07 Å². The molecule has 4 atom stereocenters. The summed E-state index contributed by atoms with van der Waals surface area (Å²) >= 11 is 0. The van der Waals surface area contributed by atoms with Crippen LogP contribution in [0.15, 0.2) is 41.0 Å². The fourth-order valence-electron chi connectivity index (χ4n) is 5.45. The molecular weight excluding hydrogens is 513 g/mol. The zero-order chi connectivity index (χ0) is 26.3. The monoisotopic (exact) mass is 543 g/mol. The molecule has 2 aromatic carbocycles. The Hall–Kier alpha value is -2.86. The second-order valence-corrected chi connectivity index (χ2v) is 12.3. The normalized spacial score (nSPS) is 26.0. The van der Waals surface area contributed by atoms with Gasteiger partial charge in [-0.15, -0.1) is 0 Å². The van der Waals surface area contributed by atoms with Crippen molar-refractivity contribution in [2.45, 2.75) is 43.7 Å². The Bertz CT molecular complexity index is 1460. The minimum atomic E-state index is -2.25. The molecule has 0 amide bonds. The Kier molecular flexibility index (Phi) is 6.93. The second kappa shape index (κ2) is 10.4. The average Bonchev–Trinajstić information content (AvgIpc) is 3.63. The summed E-state index contributed by atoms with van der Waals surface area (Å²) in [7, 11) is 0.955. The van der Waals surface area contributed by atoms with E-state index in [0.29, 0.717) is 59.5 Å². The summed E-state index contributed by atoms with van der Waals surface area (Å²) in [5, 5.41) is 0.719. The van der Waals surface area contributed by atoms with Crippen LogP contribution in [0.25, 0.3) is 10.9 Å². The highest BCUT2D eigenvalue weighted by molar-refractivity contribution is 7.93. The van der Waals surface area contributed by atoms with Crippen molar-refractivity contribution < 1.29 is 32.3 Å². The molecule has 3 aromatic rings. The molecule has 0 aliphatic carbocycles. The molecule has 38 heavy (non-hydrogen) atoms. The van der Waals surface area contributed by atoms with Crippen LogP contribution >= 0.6 is 0 Å². The third-order valence-electron chi connectivity index (χ3n) is 7.36. The quantitative estimate of drug-likeness (QED) is 0.443. The molecule has 3 aliphatic rings. The first-order valence-electron chi connectivity index (χ1n) is 12.7. The number of halogens is 1. The number of methoxy groups -OCH3 is 2. The van der Waals surface area contributed by atoms with Crippen molar-refractivity contribution in [2.24, 2.45) is 4.36 Å². The number of benzene rings is 2. The molecule has 0 unspecified atom stereocenters. The standard InChI is InChI=1S/C27H30FN3O6S/c1-33-22-12-18(31-38(32)7-3-4-8-38)11-20-25(22)19(29-15-30-20)9-16-5-6-17(28)10-21(16)37-24-14-36-26-23(34-2)13-35-27(24)26/h5-6,10-12,15,23-24,26-27H,3-4,7-9,13-14H2,1-2H3/t23-,24-,26-,27-/m1/s1. The third-order valence-corrected chi connectivity index (χ3v) is 9.76. The van der Waals surface area contributed by atoms with Gasteiger partial charge in [0, 0.05) is 42.7 Å². The molecule has 0 spiro atoms. The van der Waals surface area contributed by atoms with Crippen LogP contribution in [0.2, 0.25) is 0 Å². The average molecular weight is 544 g/mol. The number of hydrogen-bond donors (Lipinski definition) is 0. The zero-order valence-corrected chi connectivity index (χ0v) is 22.1.